The van der Waals surface area contributed by atoms with Gasteiger partial charge in [-0.05, 0) is 25.0 Å². The molecule has 0 atom stereocenters. The van der Waals surface area contributed by atoms with Gasteiger partial charge in [0.25, 0.3) is 0 Å². The van der Waals surface area contributed by atoms with E-state index in [-0.39, 0.29) is 6.61 Å². The van der Waals surface area contributed by atoms with Crippen molar-refractivity contribution in [1.29, 1.82) is 0 Å². The molecule has 1 aliphatic rings. The first-order valence-electron chi connectivity index (χ1n) is 6.84. The van der Waals surface area contributed by atoms with E-state index >= 15 is 0 Å². The number of hydrogen-bond donors (Lipinski definition) is 2. The number of rotatable bonds is 5. The van der Waals surface area contributed by atoms with Crippen molar-refractivity contribution in [2.75, 3.05) is 30.4 Å². The molecule has 18 heavy (non-hydrogen) atoms. The second kappa shape index (κ2) is 6.59. The summed E-state index contributed by atoms with van der Waals surface area (Å²) in [5.41, 5.74) is 1.04. The van der Waals surface area contributed by atoms with Gasteiger partial charge < -0.3 is 15.3 Å². The van der Waals surface area contributed by atoms with Crippen LogP contribution in [0.1, 0.15) is 32.1 Å². The normalized spacial score (nSPS) is 16.6. The number of likely N-dealkylation sites (N-methyl/N-ethyl adjacent to an activating group) is 1. The van der Waals surface area contributed by atoms with Crippen LogP contribution in [0.2, 0.25) is 0 Å². The van der Waals surface area contributed by atoms with Crippen molar-refractivity contribution in [1.82, 2.24) is 4.98 Å². The van der Waals surface area contributed by atoms with Crippen LogP contribution in [0.5, 0.6) is 0 Å². The van der Waals surface area contributed by atoms with E-state index in [2.05, 4.69) is 10.3 Å². The highest BCUT2D eigenvalue weighted by molar-refractivity contribution is 5.49. The van der Waals surface area contributed by atoms with Gasteiger partial charge in [0, 0.05) is 19.6 Å². The summed E-state index contributed by atoms with van der Waals surface area (Å²) in [5.74, 6) is 0.961. The number of anilines is 2. The first kappa shape index (κ1) is 13.1. The topological polar surface area (TPSA) is 48.4 Å². The van der Waals surface area contributed by atoms with Crippen LogP contribution in [-0.4, -0.2) is 36.3 Å². The highest BCUT2D eigenvalue weighted by atomic mass is 16.3. The number of nitrogens with zero attached hydrogens (tertiary/aromatic N) is 2. The van der Waals surface area contributed by atoms with Crippen molar-refractivity contribution in [3.05, 3.63) is 18.3 Å². The Morgan fingerprint density at radius 2 is 2.11 bits per heavy atom. The quantitative estimate of drug-likeness (QED) is 0.840. The van der Waals surface area contributed by atoms with Crippen molar-refractivity contribution in [3.63, 3.8) is 0 Å². The second-order valence-corrected chi connectivity index (χ2v) is 5.03. The van der Waals surface area contributed by atoms with Crippen LogP contribution < -0.4 is 10.2 Å². The Bertz CT molecular complexity index is 347. The third-order valence-corrected chi connectivity index (χ3v) is 3.58. The van der Waals surface area contributed by atoms with Crippen LogP contribution in [0.3, 0.4) is 0 Å². The third-order valence-electron chi connectivity index (χ3n) is 3.58. The molecule has 0 spiro atoms. The van der Waals surface area contributed by atoms with Crippen LogP contribution in [0, 0.1) is 0 Å². The Labute approximate surface area is 109 Å². The lowest BCUT2D eigenvalue weighted by atomic mass is 9.95. The summed E-state index contributed by atoms with van der Waals surface area (Å²) in [4.78, 5) is 6.44. The molecule has 0 amide bonds. The van der Waals surface area contributed by atoms with Gasteiger partial charge in [-0.25, -0.2) is 4.98 Å². The van der Waals surface area contributed by atoms with E-state index in [1.807, 2.05) is 30.3 Å². The van der Waals surface area contributed by atoms with Crippen LogP contribution in [0.15, 0.2) is 18.3 Å². The molecule has 1 heterocycles. The van der Waals surface area contributed by atoms with Gasteiger partial charge in [-0.15, -0.1) is 0 Å². The molecule has 2 N–H and O–H groups in total. The van der Waals surface area contributed by atoms with Crippen molar-refractivity contribution in [2.45, 2.75) is 38.1 Å². The standard InChI is InChI=1S/C14H23N3O/c1-17(9-10-18)13-7-8-14(15-11-13)16-12-5-3-2-4-6-12/h7-8,11-12,18H,2-6,9-10H2,1H3,(H,15,16). The predicted octanol–water partition coefficient (Wildman–Crippen LogP) is 2.25. The zero-order valence-electron chi connectivity index (χ0n) is 11.1. The second-order valence-electron chi connectivity index (χ2n) is 5.03. The molecule has 0 saturated heterocycles. The Morgan fingerprint density at radius 1 is 1.33 bits per heavy atom. The zero-order chi connectivity index (χ0) is 12.8. The van der Waals surface area contributed by atoms with Gasteiger partial charge in [-0.1, -0.05) is 19.3 Å². The largest absolute Gasteiger partial charge is 0.395 e. The van der Waals surface area contributed by atoms with Gasteiger partial charge in [0.1, 0.15) is 5.82 Å². The molecule has 4 heteroatoms. The molecule has 1 aliphatic carbocycles. The Morgan fingerprint density at radius 3 is 2.72 bits per heavy atom. The lowest BCUT2D eigenvalue weighted by molar-refractivity contribution is 0.304. The summed E-state index contributed by atoms with van der Waals surface area (Å²) in [7, 11) is 1.96. The summed E-state index contributed by atoms with van der Waals surface area (Å²) in [6.45, 7) is 0.801. The molecule has 2 rings (SSSR count). The minimum Gasteiger partial charge on any atom is -0.395 e. The Balaban J connectivity index is 1.90. The molecule has 0 unspecified atom stereocenters. The highest BCUT2D eigenvalue weighted by Crippen LogP contribution is 2.21. The number of hydrogen-bond acceptors (Lipinski definition) is 4. The molecular formula is C14H23N3O. The summed E-state index contributed by atoms with van der Waals surface area (Å²) in [5, 5.41) is 12.4. The van der Waals surface area contributed by atoms with Crippen molar-refractivity contribution in [2.24, 2.45) is 0 Å². The maximum absolute atomic E-state index is 8.89. The fraction of sp³-hybridized carbons (Fsp3) is 0.643. The number of pyridine rings is 1. The molecule has 0 aliphatic heterocycles. The van der Waals surface area contributed by atoms with Gasteiger partial charge in [0.15, 0.2) is 0 Å². The minimum absolute atomic E-state index is 0.165. The highest BCUT2D eigenvalue weighted by Gasteiger charge is 2.13. The number of aliphatic hydroxyl groups excluding tert-OH is 1. The maximum atomic E-state index is 8.89. The molecule has 100 valence electrons. The fourth-order valence-corrected chi connectivity index (χ4v) is 2.43. The molecule has 0 radical (unpaired) electrons. The monoisotopic (exact) mass is 249 g/mol. The lowest BCUT2D eigenvalue weighted by Gasteiger charge is -2.23. The van der Waals surface area contributed by atoms with Crippen molar-refractivity contribution >= 4 is 11.5 Å². The van der Waals surface area contributed by atoms with E-state index < -0.39 is 0 Å². The van der Waals surface area contributed by atoms with E-state index in [1.165, 1.54) is 32.1 Å². The molecule has 0 bridgehead atoms. The van der Waals surface area contributed by atoms with Crippen molar-refractivity contribution < 1.29 is 5.11 Å². The van der Waals surface area contributed by atoms with E-state index in [1.54, 1.807) is 0 Å². The first-order chi connectivity index (χ1) is 8.79. The van der Waals surface area contributed by atoms with Gasteiger partial charge in [0.2, 0.25) is 0 Å². The lowest BCUT2D eigenvalue weighted by Crippen LogP contribution is -2.23. The van der Waals surface area contributed by atoms with Gasteiger partial charge in [-0.3, -0.25) is 0 Å². The Kier molecular flexibility index (Phi) is 4.81. The molecular weight excluding hydrogens is 226 g/mol. The smallest absolute Gasteiger partial charge is 0.126 e. The summed E-state index contributed by atoms with van der Waals surface area (Å²) in [6.07, 6.45) is 8.41. The van der Waals surface area contributed by atoms with Gasteiger partial charge >= 0.3 is 0 Å². The van der Waals surface area contributed by atoms with Crippen LogP contribution in [-0.2, 0) is 0 Å². The number of aliphatic hydroxyl groups is 1. The number of aromatic nitrogens is 1. The molecule has 1 saturated carbocycles. The summed E-state index contributed by atoms with van der Waals surface area (Å²) in [6, 6.07) is 4.67. The molecule has 1 aromatic heterocycles. The molecule has 4 nitrogen and oxygen atoms in total. The van der Waals surface area contributed by atoms with E-state index in [0.29, 0.717) is 12.6 Å². The maximum Gasteiger partial charge on any atom is 0.126 e. The molecule has 1 aromatic rings. The van der Waals surface area contributed by atoms with E-state index in [0.717, 1.165) is 11.5 Å². The number of nitrogens with one attached hydrogen (secondary N) is 1. The van der Waals surface area contributed by atoms with Crippen LogP contribution >= 0.6 is 0 Å². The van der Waals surface area contributed by atoms with E-state index in [4.69, 9.17) is 5.11 Å². The predicted molar refractivity (Wildman–Crippen MR) is 75.1 cm³/mol. The van der Waals surface area contributed by atoms with Crippen molar-refractivity contribution in [3.8, 4) is 0 Å². The van der Waals surface area contributed by atoms with E-state index in [9.17, 15) is 0 Å². The SMILES string of the molecule is CN(CCO)c1ccc(NC2CCCCC2)nc1. The van der Waals surface area contributed by atoms with Gasteiger partial charge in [0.05, 0.1) is 18.5 Å². The zero-order valence-corrected chi connectivity index (χ0v) is 11.1. The molecule has 0 aromatic carbocycles. The summed E-state index contributed by atoms with van der Waals surface area (Å²) >= 11 is 0. The fourth-order valence-electron chi connectivity index (χ4n) is 2.43. The van der Waals surface area contributed by atoms with Crippen LogP contribution in [0.4, 0.5) is 11.5 Å². The summed E-state index contributed by atoms with van der Waals surface area (Å²) < 4.78 is 0. The van der Waals surface area contributed by atoms with Gasteiger partial charge in [-0.2, -0.15) is 0 Å². The first-order valence-corrected chi connectivity index (χ1v) is 6.84. The minimum atomic E-state index is 0.165. The molecule has 1 fully saturated rings. The third kappa shape index (κ3) is 3.60. The van der Waals surface area contributed by atoms with Crippen LogP contribution in [0.25, 0.3) is 0 Å². The average Bonchev–Trinajstić information content (AvgIpc) is 2.41. The average molecular weight is 249 g/mol. The Hall–Kier alpha value is -1.29.